The largest absolute Gasteiger partial charge is 0.411 e. The smallest absolute Gasteiger partial charge is 0.218 e. The molecular formula is C23H40ClIN4O3Si2. The summed E-state index contributed by atoms with van der Waals surface area (Å²) in [6.45, 7) is 22.3. The predicted octanol–water partition coefficient (Wildman–Crippen LogP) is 6.78. The van der Waals surface area contributed by atoms with Gasteiger partial charge in [0.25, 0.3) is 0 Å². The number of hydrogen-bond donors (Lipinski definition) is 2. The summed E-state index contributed by atoms with van der Waals surface area (Å²) in [5.74, 6) is 0.547. The van der Waals surface area contributed by atoms with E-state index in [0.29, 0.717) is 17.5 Å². The molecule has 11 heteroatoms. The van der Waals surface area contributed by atoms with E-state index < -0.39 is 16.6 Å². The van der Waals surface area contributed by atoms with Crippen LogP contribution in [0, 0.1) is 3.57 Å². The second-order valence-corrected chi connectivity index (χ2v) is 23.7. The summed E-state index contributed by atoms with van der Waals surface area (Å²) in [5.41, 5.74) is 0.736. The molecule has 1 fully saturated rings. The molecule has 3 atom stereocenters. The Morgan fingerprint density at radius 3 is 2.32 bits per heavy atom. The van der Waals surface area contributed by atoms with Crippen LogP contribution in [-0.2, 0) is 9.16 Å². The molecule has 0 radical (unpaired) electrons. The Balaban J connectivity index is 1.97. The standard InChI is InChI=1S/C23H40ClIN4O3Si2/c1-22(2,3)33(7,8)28-21-26-19(24)18-14(25)12-29(20(18)27-21)17-11-15(16(13-30)31-17)32-34(9,10)23(4,5)6/h12,15-17,30H,11,13H2,1-10H3,(H,26,27,28)/t15-,16-,17-/m1/s1. The van der Waals surface area contributed by atoms with Crippen molar-refractivity contribution in [3.05, 3.63) is 14.9 Å². The van der Waals surface area contributed by atoms with Crippen molar-refractivity contribution >= 4 is 67.7 Å². The van der Waals surface area contributed by atoms with Gasteiger partial charge in [-0.25, -0.2) is 4.98 Å². The highest BCUT2D eigenvalue weighted by atomic mass is 127. The predicted molar refractivity (Wildman–Crippen MR) is 154 cm³/mol. The van der Waals surface area contributed by atoms with Crippen molar-refractivity contribution in [3.63, 3.8) is 0 Å². The van der Waals surface area contributed by atoms with Crippen LogP contribution in [0.15, 0.2) is 6.20 Å². The molecule has 3 rings (SSSR count). The Labute approximate surface area is 224 Å². The van der Waals surface area contributed by atoms with Crippen molar-refractivity contribution in [1.82, 2.24) is 14.5 Å². The lowest BCUT2D eigenvalue weighted by molar-refractivity contribution is -0.0409. The Kier molecular flexibility index (Phi) is 7.97. The van der Waals surface area contributed by atoms with E-state index in [1.165, 1.54) is 0 Å². The Morgan fingerprint density at radius 2 is 1.79 bits per heavy atom. The lowest BCUT2D eigenvalue weighted by Gasteiger charge is -2.39. The van der Waals surface area contributed by atoms with Crippen LogP contribution in [-0.4, -0.2) is 55.0 Å². The summed E-state index contributed by atoms with van der Waals surface area (Å²) in [7, 11) is -3.92. The summed E-state index contributed by atoms with van der Waals surface area (Å²) >= 11 is 8.93. The Hall–Kier alpha value is -0.246. The first-order valence-electron chi connectivity index (χ1n) is 11.8. The van der Waals surface area contributed by atoms with Crippen LogP contribution < -0.4 is 4.98 Å². The van der Waals surface area contributed by atoms with Crippen LogP contribution in [0.4, 0.5) is 5.95 Å². The number of aromatic nitrogens is 3. The third kappa shape index (κ3) is 5.52. The van der Waals surface area contributed by atoms with E-state index in [9.17, 15) is 5.11 Å². The number of hydrogen-bond acceptors (Lipinski definition) is 6. The van der Waals surface area contributed by atoms with E-state index in [-0.39, 0.29) is 35.1 Å². The molecule has 1 aliphatic heterocycles. The van der Waals surface area contributed by atoms with E-state index in [0.717, 1.165) is 14.6 Å². The zero-order valence-corrected chi connectivity index (χ0v) is 27.0. The van der Waals surface area contributed by atoms with Crippen molar-refractivity contribution < 1.29 is 14.3 Å². The number of rotatable bonds is 6. The van der Waals surface area contributed by atoms with E-state index in [2.05, 4.69) is 100 Å². The fourth-order valence-electron chi connectivity index (χ4n) is 3.52. The highest BCUT2D eigenvalue weighted by molar-refractivity contribution is 14.1. The first-order valence-corrected chi connectivity index (χ1v) is 19.2. The molecule has 192 valence electrons. The topological polar surface area (TPSA) is 81.4 Å². The van der Waals surface area contributed by atoms with Crippen LogP contribution in [0.1, 0.15) is 54.2 Å². The van der Waals surface area contributed by atoms with Crippen LogP contribution in [0.2, 0.25) is 41.4 Å². The number of nitrogens with zero attached hydrogens (tertiary/aromatic N) is 3. The van der Waals surface area contributed by atoms with Gasteiger partial charge < -0.3 is 23.8 Å². The first-order chi connectivity index (χ1) is 15.4. The first kappa shape index (κ1) is 28.3. The fraction of sp³-hybridized carbons (Fsp3) is 0.739. The van der Waals surface area contributed by atoms with E-state index in [1.54, 1.807) is 0 Å². The van der Waals surface area contributed by atoms with Crippen LogP contribution >= 0.6 is 34.2 Å². The van der Waals surface area contributed by atoms with Gasteiger partial charge in [-0.1, -0.05) is 66.2 Å². The third-order valence-corrected chi connectivity index (χ3v) is 18.0. The molecule has 0 aliphatic carbocycles. The highest BCUT2D eigenvalue weighted by Gasteiger charge is 2.45. The summed E-state index contributed by atoms with van der Waals surface area (Å²) in [5, 5.41) is 11.5. The van der Waals surface area contributed by atoms with Gasteiger partial charge in [-0.3, -0.25) is 0 Å². The van der Waals surface area contributed by atoms with Crippen LogP contribution in [0.25, 0.3) is 11.0 Å². The minimum atomic E-state index is -2.02. The molecule has 2 N–H and O–H groups in total. The van der Waals surface area contributed by atoms with Gasteiger partial charge >= 0.3 is 0 Å². The molecule has 0 bridgehead atoms. The summed E-state index contributed by atoms with van der Waals surface area (Å²) in [4.78, 5) is 13.1. The minimum absolute atomic E-state index is 0.0751. The maximum atomic E-state index is 10.1. The van der Waals surface area contributed by atoms with Gasteiger partial charge in [-0.2, -0.15) is 4.98 Å². The average molecular weight is 639 g/mol. The van der Waals surface area contributed by atoms with Crippen LogP contribution in [0.3, 0.4) is 0 Å². The number of aliphatic hydroxyl groups is 1. The lowest BCUT2D eigenvalue weighted by Crippen LogP contribution is -2.46. The Bertz CT molecular complexity index is 1050. The average Bonchev–Trinajstić information content (AvgIpc) is 3.19. The molecule has 3 heterocycles. The molecule has 2 aromatic rings. The number of anilines is 1. The van der Waals surface area contributed by atoms with E-state index >= 15 is 0 Å². The number of aliphatic hydroxyl groups excluding tert-OH is 1. The quantitative estimate of drug-likeness (QED) is 0.206. The van der Waals surface area contributed by atoms with E-state index in [4.69, 9.17) is 25.7 Å². The van der Waals surface area contributed by atoms with Gasteiger partial charge in [0.15, 0.2) is 16.6 Å². The van der Waals surface area contributed by atoms with Crippen molar-refractivity contribution in [2.24, 2.45) is 0 Å². The molecule has 1 saturated heterocycles. The van der Waals surface area contributed by atoms with Gasteiger partial charge in [0.05, 0.1) is 18.1 Å². The molecule has 0 unspecified atom stereocenters. The van der Waals surface area contributed by atoms with E-state index in [1.807, 2.05) is 10.8 Å². The number of halogens is 2. The third-order valence-electron chi connectivity index (χ3n) is 7.80. The van der Waals surface area contributed by atoms with Gasteiger partial charge in [-0.05, 0) is 45.8 Å². The molecule has 0 spiro atoms. The van der Waals surface area contributed by atoms with Gasteiger partial charge in [-0.15, -0.1) is 0 Å². The lowest BCUT2D eigenvalue weighted by atomic mass is 10.2. The second kappa shape index (κ2) is 9.57. The second-order valence-electron chi connectivity index (χ2n) is 12.4. The monoisotopic (exact) mass is 638 g/mol. The fourth-order valence-corrected chi connectivity index (χ4v) is 7.15. The molecule has 1 aliphatic rings. The maximum Gasteiger partial charge on any atom is 0.218 e. The number of ether oxygens (including phenoxy) is 1. The molecule has 0 saturated carbocycles. The normalized spacial score (nSPS) is 22.6. The highest BCUT2D eigenvalue weighted by Crippen LogP contribution is 2.43. The zero-order chi connectivity index (χ0) is 25.9. The molecule has 2 aromatic heterocycles. The maximum absolute atomic E-state index is 10.1. The molecular weight excluding hydrogens is 599 g/mol. The van der Waals surface area contributed by atoms with Gasteiger partial charge in [0, 0.05) is 16.2 Å². The van der Waals surface area contributed by atoms with Gasteiger partial charge in [0.2, 0.25) is 5.95 Å². The van der Waals surface area contributed by atoms with Crippen molar-refractivity contribution in [3.8, 4) is 0 Å². The van der Waals surface area contributed by atoms with Crippen molar-refractivity contribution in [1.29, 1.82) is 0 Å². The summed E-state index contributed by atoms with van der Waals surface area (Å²) in [6, 6.07) is 0. The van der Waals surface area contributed by atoms with Crippen molar-refractivity contribution in [2.75, 3.05) is 11.6 Å². The van der Waals surface area contributed by atoms with Crippen molar-refractivity contribution in [2.45, 2.75) is 103 Å². The summed E-state index contributed by atoms with van der Waals surface area (Å²) < 4.78 is 16.0. The zero-order valence-electron chi connectivity index (χ0n) is 22.1. The summed E-state index contributed by atoms with van der Waals surface area (Å²) in [6.07, 6.45) is 1.80. The number of nitrogens with one attached hydrogen (secondary N) is 1. The minimum Gasteiger partial charge on any atom is -0.411 e. The molecule has 34 heavy (non-hydrogen) atoms. The SMILES string of the molecule is CC(C)(C)[Si](C)(C)Nc1nc(Cl)c2c(I)cn([C@H]3C[C@@H](O[Si](C)(C)C(C)(C)C)[C@@H](CO)O3)c2n1. The van der Waals surface area contributed by atoms with Crippen LogP contribution in [0.5, 0.6) is 0 Å². The Morgan fingerprint density at radius 1 is 1.18 bits per heavy atom. The molecule has 0 aromatic carbocycles. The van der Waals surface area contributed by atoms with Gasteiger partial charge in [0.1, 0.15) is 23.1 Å². The molecule has 0 amide bonds. The molecule has 7 nitrogen and oxygen atoms in total. The number of fused-ring (bicyclic) bond motifs is 1.